The zero-order chi connectivity index (χ0) is 9.90. The van der Waals surface area contributed by atoms with Gasteiger partial charge in [0.15, 0.2) is 0 Å². The van der Waals surface area contributed by atoms with Crippen molar-refractivity contribution in [3.05, 3.63) is 0 Å². The topological polar surface area (TPSA) is 49.9 Å². The average molecular weight is 208 g/mol. The first kappa shape index (κ1) is 10.9. The van der Waals surface area contributed by atoms with Gasteiger partial charge in [-0.3, -0.25) is 4.84 Å². The van der Waals surface area contributed by atoms with E-state index in [4.69, 9.17) is 4.84 Å². The number of hydroxylamine groups is 1. The molecule has 0 radical (unpaired) electrons. The average Bonchev–Trinajstić information content (AvgIpc) is 2.31. The lowest BCUT2D eigenvalue weighted by molar-refractivity contribution is -0.0785. The summed E-state index contributed by atoms with van der Waals surface area (Å²) in [4.78, 5) is 5.13. The number of hydrogen-bond donors (Lipinski definition) is 0. The van der Waals surface area contributed by atoms with E-state index >= 15 is 0 Å². The monoisotopic (exact) mass is 208 g/mol. The molecule has 0 aromatic carbocycles. The van der Waals surface area contributed by atoms with Crippen molar-refractivity contribution in [1.29, 1.82) is 0 Å². The quantitative estimate of drug-likeness (QED) is 0.652. The van der Waals surface area contributed by atoms with Crippen molar-refractivity contribution in [3.63, 3.8) is 0 Å². The zero-order valence-electron chi connectivity index (χ0n) is 8.06. The second-order valence-electron chi connectivity index (χ2n) is 3.21. The van der Waals surface area contributed by atoms with Crippen molar-refractivity contribution in [2.45, 2.75) is 19.3 Å². The summed E-state index contributed by atoms with van der Waals surface area (Å²) in [7, 11) is -0.372. The SMILES string of the molecule is CN(C)S(=O)(=O)N1CCCCCO1. The van der Waals surface area contributed by atoms with Crippen LogP contribution in [0, 0.1) is 0 Å². The summed E-state index contributed by atoms with van der Waals surface area (Å²) >= 11 is 0. The van der Waals surface area contributed by atoms with E-state index in [9.17, 15) is 8.42 Å². The fraction of sp³-hybridized carbons (Fsp3) is 1.00. The highest BCUT2D eigenvalue weighted by Crippen LogP contribution is 2.12. The zero-order valence-corrected chi connectivity index (χ0v) is 8.88. The molecular formula is C7H16N2O3S. The van der Waals surface area contributed by atoms with E-state index in [0.29, 0.717) is 13.2 Å². The van der Waals surface area contributed by atoms with E-state index < -0.39 is 10.2 Å². The molecule has 0 saturated carbocycles. The lowest BCUT2D eigenvalue weighted by Crippen LogP contribution is -2.39. The second kappa shape index (κ2) is 4.36. The summed E-state index contributed by atoms with van der Waals surface area (Å²) < 4.78 is 25.4. The molecule has 1 aliphatic rings. The van der Waals surface area contributed by atoms with Gasteiger partial charge in [0.25, 0.3) is 0 Å². The first-order chi connectivity index (χ1) is 6.05. The van der Waals surface area contributed by atoms with Crippen LogP contribution in [0.4, 0.5) is 0 Å². The first-order valence-corrected chi connectivity index (χ1v) is 5.78. The van der Waals surface area contributed by atoms with Gasteiger partial charge in [-0.15, -0.1) is 0 Å². The van der Waals surface area contributed by atoms with Gasteiger partial charge in [0.05, 0.1) is 6.61 Å². The molecule has 0 aliphatic carbocycles. The number of rotatable bonds is 2. The van der Waals surface area contributed by atoms with Gasteiger partial charge in [0.2, 0.25) is 0 Å². The highest BCUT2D eigenvalue weighted by molar-refractivity contribution is 7.86. The molecule has 0 atom stereocenters. The maximum atomic E-state index is 11.6. The maximum Gasteiger partial charge on any atom is 0.303 e. The maximum absolute atomic E-state index is 11.6. The third kappa shape index (κ3) is 2.63. The number of hydrogen-bond acceptors (Lipinski definition) is 3. The van der Waals surface area contributed by atoms with Crippen molar-refractivity contribution in [2.24, 2.45) is 0 Å². The number of nitrogens with zero attached hydrogens (tertiary/aromatic N) is 2. The summed E-state index contributed by atoms with van der Waals surface area (Å²) in [5.74, 6) is 0. The molecule has 1 saturated heterocycles. The van der Waals surface area contributed by atoms with Crippen LogP contribution in [0.5, 0.6) is 0 Å². The van der Waals surface area contributed by atoms with Crippen LogP contribution in [-0.2, 0) is 15.0 Å². The second-order valence-corrected chi connectivity index (χ2v) is 5.24. The van der Waals surface area contributed by atoms with Crippen molar-refractivity contribution < 1.29 is 13.3 Å². The first-order valence-electron chi connectivity index (χ1n) is 4.38. The molecule has 1 rings (SSSR count). The van der Waals surface area contributed by atoms with E-state index in [1.165, 1.54) is 18.4 Å². The van der Waals surface area contributed by atoms with Gasteiger partial charge in [0, 0.05) is 20.6 Å². The van der Waals surface area contributed by atoms with Gasteiger partial charge in [-0.25, -0.2) is 0 Å². The molecule has 78 valence electrons. The van der Waals surface area contributed by atoms with Crippen LogP contribution >= 0.6 is 0 Å². The van der Waals surface area contributed by atoms with Crippen LogP contribution in [0.15, 0.2) is 0 Å². The molecule has 0 aromatic rings. The van der Waals surface area contributed by atoms with Gasteiger partial charge in [0.1, 0.15) is 0 Å². The molecule has 0 aromatic heterocycles. The van der Waals surface area contributed by atoms with Crippen molar-refractivity contribution in [3.8, 4) is 0 Å². The Balaban J connectivity index is 2.69. The predicted octanol–water partition coefficient (Wildman–Crippen LogP) is 0.210. The molecule has 0 unspecified atom stereocenters. The molecule has 0 N–H and O–H groups in total. The minimum Gasteiger partial charge on any atom is -0.283 e. The normalized spacial score (nSPS) is 21.8. The van der Waals surface area contributed by atoms with Crippen molar-refractivity contribution in [2.75, 3.05) is 27.2 Å². The minimum absolute atomic E-state index is 0.459. The fourth-order valence-corrected chi connectivity index (χ4v) is 2.05. The van der Waals surface area contributed by atoms with Crippen molar-refractivity contribution in [1.82, 2.24) is 8.77 Å². The third-order valence-corrected chi connectivity index (χ3v) is 3.66. The Kier molecular flexibility index (Phi) is 3.66. The smallest absolute Gasteiger partial charge is 0.283 e. The van der Waals surface area contributed by atoms with Gasteiger partial charge < -0.3 is 0 Å². The summed E-state index contributed by atoms with van der Waals surface area (Å²) in [5, 5.41) is 0. The molecule has 6 heteroatoms. The molecule has 0 bridgehead atoms. The van der Waals surface area contributed by atoms with Gasteiger partial charge in [-0.2, -0.15) is 12.7 Å². The molecule has 5 nitrogen and oxygen atoms in total. The summed E-state index contributed by atoms with van der Waals surface area (Å²) in [6.07, 6.45) is 2.83. The lowest BCUT2D eigenvalue weighted by Gasteiger charge is -2.22. The minimum atomic E-state index is -3.38. The molecular weight excluding hydrogens is 192 g/mol. The molecule has 0 spiro atoms. The lowest BCUT2D eigenvalue weighted by atomic mass is 10.2. The Morgan fingerprint density at radius 2 is 1.92 bits per heavy atom. The molecule has 13 heavy (non-hydrogen) atoms. The van der Waals surface area contributed by atoms with Crippen LogP contribution in [-0.4, -0.2) is 44.4 Å². The van der Waals surface area contributed by atoms with Crippen LogP contribution in [0.25, 0.3) is 0 Å². The van der Waals surface area contributed by atoms with Crippen LogP contribution in [0.3, 0.4) is 0 Å². The van der Waals surface area contributed by atoms with E-state index in [2.05, 4.69) is 0 Å². The third-order valence-electron chi connectivity index (χ3n) is 1.94. The van der Waals surface area contributed by atoms with Gasteiger partial charge >= 0.3 is 10.2 Å². The Hall–Kier alpha value is -0.170. The standard InChI is InChI=1S/C7H16N2O3S/c1-8(2)13(10,11)9-6-4-3-5-7-12-9/h3-7H2,1-2H3. The van der Waals surface area contributed by atoms with Crippen LogP contribution < -0.4 is 0 Å². The molecule has 1 heterocycles. The van der Waals surface area contributed by atoms with Gasteiger partial charge in [-0.05, 0) is 19.3 Å². The van der Waals surface area contributed by atoms with E-state index in [1.807, 2.05) is 0 Å². The predicted molar refractivity (Wildman–Crippen MR) is 49.1 cm³/mol. The van der Waals surface area contributed by atoms with E-state index in [0.717, 1.165) is 23.7 Å². The summed E-state index contributed by atoms with van der Waals surface area (Å²) in [6.45, 7) is 0.952. The molecule has 1 aliphatic heterocycles. The fourth-order valence-electron chi connectivity index (χ4n) is 1.11. The highest BCUT2D eigenvalue weighted by atomic mass is 32.2. The van der Waals surface area contributed by atoms with Crippen LogP contribution in [0.1, 0.15) is 19.3 Å². The van der Waals surface area contributed by atoms with Crippen LogP contribution in [0.2, 0.25) is 0 Å². The highest BCUT2D eigenvalue weighted by Gasteiger charge is 2.26. The van der Waals surface area contributed by atoms with E-state index in [1.54, 1.807) is 0 Å². The Morgan fingerprint density at radius 1 is 1.23 bits per heavy atom. The summed E-state index contributed by atoms with van der Waals surface area (Å²) in [6, 6.07) is 0. The van der Waals surface area contributed by atoms with Gasteiger partial charge in [-0.1, -0.05) is 4.47 Å². The largest absolute Gasteiger partial charge is 0.303 e. The molecule has 1 fully saturated rings. The Morgan fingerprint density at radius 3 is 2.54 bits per heavy atom. The Labute approximate surface area is 79.4 Å². The van der Waals surface area contributed by atoms with Crippen molar-refractivity contribution >= 4 is 10.2 Å². The summed E-state index contributed by atoms with van der Waals surface area (Å²) in [5.41, 5.74) is 0. The molecule has 0 amide bonds. The van der Waals surface area contributed by atoms with E-state index in [-0.39, 0.29) is 0 Å². The Bertz CT molecular complexity index is 242.